The number of nitrogens with zero attached hydrogens (tertiary/aromatic N) is 1. The highest BCUT2D eigenvalue weighted by atomic mass is 35.5. The van der Waals surface area contributed by atoms with Crippen molar-refractivity contribution in [3.63, 3.8) is 0 Å². The van der Waals surface area contributed by atoms with Crippen LogP contribution in [0.1, 0.15) is 15.9 Å². The number of hydrogen-bond acceptors (Lipinski definition) is 5. The number of anilines is 1. The van der Waals surface area contributed by atoms with Gasteiger partial charge in [-0.1, -0.05) is 11.6 Å². The van der Waals surface area contributed by atoms with Crippen molar-refractivity contribution >= 4 is 50.5 Å². The number of carbonyl (C=O) groups is 2. The zero-order chi connectivity index (χ0) is 19.5. The highest BCUT2D eigenvalue weighted by molar-refractivity contribution is 7.91. The first kappa shape index (κ1) is 20.4. The molecule has 0 aliphatic heterocycles. The lowest BCUT2D eigenvalue weighted by atomic mass is 10.1. The van der Waals surface area contributed by atoms with Gasteiger partial charge < -0.3 is 10.6 Å². The van der Waals surface area contributed by atoms with Gasteiger partial charge in [0.1, 0.15) is 4.21 Å². The summed E-state index contributed by atoms with van der Waals surface area (Å²) >= 11 is 6.70. The Balaban J connectivity index is 2.07. The van der Waals surface area contributed by atoms with Crippen LogP contribution in [0, 0.1) is 6.92 Å². The van der Waals surface area contributed by atoms with Gasteiger partial charge in [-0.15, -0.1) is 11.3 Å². The molecule has 7 nitrogen and oxygen atoms in total. The van der Waals surface area contributed by atoms with Gasteiger partial charge in [0.2, 0.25) is 5.91 Å². The van der Waals surface area contributed by atoms with Crippen molar-refractivity contribution in [3.05, 3.63) is 45.8 Å². The number of nitrogens with one attached hydrogen (secondary N) is 2. The molecule has 0 unspecified atom stereocenters. The van der Waals surface area contributed by atoms with Crippen LogP contribution in [0.15, 0.2) is 34.5 Å². The number of amides is 2. The number of rotatable bonds is 6. The SMILES string of the molecule is CNC(=O)c1ccc(NC(=O)CN(C)S(=O)(=O)c2ccc(Cl)s2)c(C)c1. The molecule has 1 heterocycles. The quantitative estimate of drug-likeness (QED) is 0.756. The van der Waals surface area contributed by atoms with Crippen molar-refractivity contribution < 1.29 is 18.0 Å². The molecule has 26 heavy (non-hydrogen) atoms. The molecule has 0 saturated heterocycles. The number of halogens is 1. The number of carbonyl (C=O) groups excluding carboxylic acids is 2. The Labute approximate surface area is 161 Å². The fourth-order valence-electron chi connectivity index (χ4n) is 2.16. The second-order valence-electron chi connectivity index (χ2n) is 5.48. The molecule has 2 rings (SSSR count). The first-order chi connectivity index (χ1) is 12.1. The molecular formula is C16H18ClN3O4S2. The molecule has 0 aliphatic carbocycles. The van der Waals surface area contributed by atoms with Gasteiger partial charge in [0, 0.05) is 25.3 Å². The minimum Gasteiger partial charge on any atom is -0.355 e. The maximum Gasteiger partial charge on any atom is 0.252 e. The van der Waals surface area contributed by atoms with Gasteiger partial charge in [-0.2, -0.15) is 4.31 Å². The van der Waals surface area contributed by atoms with Crippen molar-refractivity contribution in [2.24, 2.45) is 0 Å². The Kier molecular flexibility index (Phi) is 6.40. The average Bonchev–Trinajstić information content (AvgIpc) is 3.03. The van der Waals surface area contributed by atoms with Gasteiger partial charge in [-0.3, -0.25) is 9.59 Å². The van der Waals surface area contributed by atoms with Gasteiger partial charge in [0.25, 0.3) is 15.9 Å². The van der Waals surface area contributed by atoms with Crippen molar-refractivity contribution in [2.75, 3.05) is 26.0 Å². The van der Waals surface area contributed by atoms with Gasteiger partial charge in [-0.05, 0) is 42.8 Å². The smallest absolute Gasteiger partial charge is 0.252 e. The fourth-order valence-corrected chi connectivity index (χ4v) is 4.98. The molecule has 0 fully saturated rings. The summed E-state index contributed by atoms with van der Waals surface area (Å²) in [5.41, 5.74) is 1.67. The lowest BCUT2D eigenvalue weighted by Gasteiger charge is -2.16. The molecule has 1 aromatic carbocycles. The Bertz CT molecular complexity index is 941. The minimum absolute atomic E-state index is 0.0731. The molecule has 0 saturated carbocycles. The predicted molar refractivity (Wildman–Crippen MR) is 102 cm³/mol. The largest absolute Gasteiger partial charge is 0.355 e. The topological polar surface area (TPSA) is 95.6 Å². The maximum absolute atomic E-state index is 12.4. The van der Waals surface area contributed by atoms with Crippen LogP contribution in [0.4, 0.5) is 5.69 Å². The molecule has 0 spiro atoms. The molecule has 10 heteroatoms. The zero-order valence-corrected chi connectivity index (χ0v) is 16.8. The van der Waals surface area contributed by atoms with E-state index in [0.717, 1.165) is 15.6 Å². The number of hydrogen-bond donors (Lipinski definition) is 2. The minimum atomic E-state index is -3.78. The molecule has 0 bridgehead atoms. The maximum atomic E-state index is 12.4. The van der Waals surface area contributed by atoms with E-state index in [1.807, 2.05) is 0 Å². The fraction of sp³-hybridized carbons (Fsp3) is 0.250. The summed E-state index contributed by atoms with van der Waals surface area (Å²) in [7, 11) is -0.928. The van der Waals surface area contributed by atoms with Crippen LogP contribution in [0.25, 0.3) is 0 Å². The third-order valence-corrected chi connectivity index (χ3v) is 7.07. The van der Waals surface area contributed by atoms with E-state index < -0.39 is 15.9 Å². The van der Waals surface area contributed by atoms with E-state index in [9.17, 15) is 18.0 Å². The summed E-state index contributed by atoms with van der Waals surface area (Å²) in [6.07, 6.45) is 0. The van der Waals surface area contributed by atoms with E-state index in [1.165, 1.54) is 26.2 Å². The third-order valence-electron chi connectivity index (χ3n) is 3.57. The van der Waals surface area contributed by atoms with Crippen molar-refractivity contribution in [1.29, 1.82) is 0 Å². The zero-order valence-electron chi connectivity index (χ0n) is 14.4. The molecule has 2 amide bonds. The number of aryl methyl sites for hydroxylation is 1. The molecule has 2 N–H and O–H groups in total. The highest BCUT2D eigenvalue weighted by Gasteiger charge is 2.24. The molecular weight excluding hydrogens is 398 g/mol. The molecule has 0 atom stereocenters. The summed E-state index contributed by atoms with van der Waals surface area (Å²) < 4.78 is 26.2. The monoisotopic (exact) mass is 415 g/mol. The van der Waals surface area contributed by atoms with Crippen LogP contribution in [0.3, 0.4) is 0 Å². The van der Waals surface area contributed by atoms with E-state index in [4.69, 9.17) is 11.6 Å². The van der Waals surface area contributed by atoms with Crippen LogP contribution < -0.4 is 10.6 Å². The first-order valence-corrected chi connectivity index (χ1v) is 10.1. The van der Waals surface area contributed by atoms with E-state index >= 15 is 0 Å². The van der Waals surface area contributed by atoms with E-state index in [2.05, 4.69) is 10.6 Å². The number of sulfonamides is 1. The first-order valence-electron chi connectivity index (χ1n) is 7.49. The summed E-state index contributed by atoms with van der Waals surface area (Å²) in [6.45, 7) is 1.39. The Morgan fingerprint density at radius 1 is 1.23 bits per heavy atom. The Morgan fingerprint density at radius 3 is 2.46 bits per heavy atom. The second kappa shape index (κ2) is 8.17. The summed E-state index contributed by atoms with van der Waals surface area (Å²) in [4.78, 5) is 23.8. The Morgan fingerprint density at radius 2 is 1.92 bits per heavy atom. The van der Waals surface area contributed by atoms with Crippen LogP contribution in [-0.4, -0.2) is 45.2 Å². The number of benzene rings is 1. The predicted octanol–water partition coefficient (Wildman–Crippen LogP) is 2.33. The van der Waals surface area contributed by atoms with Gasteiger partial charge >= 0.3 is 0 Å². The number of thiophene rings is 1. The summed E-state index contributed by atoms with van der Waals surface area (Å²) in [5.74, 6) is -0.721. The van der Waals surface area contributed by atoms with Gasteiger partial charge in [-0.25, -0.2) is 8.42 Å². The van der Waals surface area contributed by atoms with Crippen LogP contribution in [-0.2, 0) is 14.8 Å². The normalized spacial score (nSPS) is 11.4. The van der Waals surface area contributed by atoms with Crippen molar-refractivity contribution in [3.8, 4) is 0 Å². The van der Waals surface area contributed by atoms with Crippen LogP contribution in [0.5, 0.6) is 0 Å². The van der Waals surface area contributed by atoms with E-state index in [0.29, 0.717) is 21.2 Å². The third kappa shape index (κ3) is 4.61. The molecule has 2 aromatic rings. The van der Waals surface area contributed by atoms with Crippen LogP contribution in [0.2, 0.25) is 4.34 Å². The molecule has 0 aliphatic rings. The van der Waals surface area contributed by atoms with Crippen molar-refractivity contribution in [1.82, 2.24) is 9.62 Å². The number of likely N-dealkylation sites (N-methyl/N-ethyl adjacent to an activating group) is 1. The molecule has 1 aromatic heterocycles. The summed E-state index contributed by atoms with van der Waals surface area (Å²) in [5, 5.41) is 5.18. The summed E-state index contributed by atoms with van der Waals surface area (Å²) in [6, 6.07) is 7.71. The van der Waals surface area contributed by atoms with Crippen LogP contribution >= 0.6 is 22.9 Å². The Hall–Kier alpha value is -1.94. The second-order valence-corrected chi connectivity index (χ2v) is 9.46. The van der Waals surface area contributed by atoms with Gasteiger partial charge in [0.15, 0.2) is 0 Å². The molecule has 0 radical (unpaired) electrons. The highest BCUT2D eigenvalue weighted by Crippen LogP contribution is 2.27. The molecule has 140 valence electrons. The average molecular weight is 416 g/mol. The van der Waals surface area contributed by atoms with Crippen molar-refractivity contribution in [2.45, 2.75) is 11.1 Å². The standard InChI is InChI=1S/C16H18ClN3O4S2/c1-10-8-11(16(22)18-2)4-5-12(10)19-14(21)9-20(3)26(23,24)15-7-6-13(17)25-15/h4-8H,9H2,1-3H3,(H,18,22)(H,19,21). The van der Waals surface area contributed by atoms with Gasteiger partial charge in [0.05, 0.1) is 10.9 Å². The lowest BCUT2D eigenvalue weighted by Crippen LogP contribution is -2.34. The van der Waals surface area contributed by atoms with E-state index in [-0.39, 0.29) is 16.7 Å². The lowest BCUT2D eigenvalue weighted by molar-refractivity contribution is -0.116. The van der Waals surface area contributed by atoms with E-state index in [1.54, 1.807) is 25.1 Å².